The van der Waals surface area contributed by atoms with E-state index in [4.69, 9.17) is 9.47 Å². The lowest BCUT2D eigenvalue weighted by Gasteiger charge is -2.34. The fourth-order valence-corrected chi connectivity index (χ4v) is 4.19. The second-order valence-corrected chi connectivity index (χ2v) is 8.10. The minimum Gasteiger partial charge on any atom is -0.493 e. The minimum absolute atomic E-state index is 0.671. The monoisotopic (exact) mass is 429 g/mol. The number of likely N-dealkylation sites (N-methyl/N-ethyl adjacent to an activating group) is 1. The smallest absolute Gasteiger partial charge is 0.161 e. The Morgan fingerprint density at radius 2 is 1.53 bits per heavy atom. The molecule has 2 aromatic heterocycles. The van der Waals surface area contributed by atoms with Crippen LogP contribution in [0.3, 0.4) is 0 Å². The maximum Gasteiger partial charge on any atom is 0.161 e. The van der Waals surface area contributed by atoms with Crippen LogP contribution < -0.4 is 14.4 Å². The zero-order valence-corrected chi connectivity index (χ0v) is 18.6. The Bertz CT molecular complexity index is 1230. The molecule has 32 heavy (non-hydrogen) atoms. The molecule has 0 atom stereocenters. The Kier molecular flexibility index (Phi) is 5.41. The maximum absolute atomic E-state index is 5.46. The van der Waals surface area contributed by atoms with E-state index < -0.39 is 0 Å². The van der Waals surface area contributed by atoms with E-state index in [0.717, 1.165) is 59.6 Å². The van der Waals surface area contributed by atoms with Gasteiger partial charge in [0.05, 0.1) is 14.2 Å². The number of hydrogen-bond acceptors (Lipinski definition) is 6. The fourth-order valence-electron chi connectivity index (χ4n) is 4.19. The van der Waals surface area contributed by atoms with Gasteiger partial charge in [0, 0.05) is 54.6 Å². The maximum atomic E-state index is 5.46. The summed E-state index contributed by atoms with van der Waals surface area (Å²) >= 11 is 0. The summed E-state index contributed by atoms with van der Waals surface area (Å²) in [5.41, 5.74) is 6.00. The topological polar surface area (TPSA) is 66.5 Å². The Balaban J connectivity index is 1.46. The normalized spacial score (nSPS) is 14.7. The van der Waals surface area contributed by atoms with E-state index in [1.54, 1.807) is 14.2 Å². The van der Waals surface area contributed by atoms with Crippen molar-refractivity contribution in [3.05, 3.63) is 54.7 Å². The first kappa shape index (κ1) is 20.3. The highest BCUT2D eigenvalue weighted by Gasteiger charge is 2.16. The molecule has 7 nitrogen and oxygen atoms in total. The number of nitrogens with one attached hydrogen (secondary N) is 1. The van der Waals surface area contributed by atoms with Crippen LogP contribution in [0.15, 0.2) is 54.7 Å². The molecule has 1 fully saturated rings. The molecular formula is C25H27N5O2. The average Bonchev–Trinajstić information content (AvgIpc) is 3.27. The molecule has 1 saturated heterocycles. The number of ether oxygens (including phenoxy) is 2. The summed E-state index contributed by atoms with van der Waals surface area (Å²) in [7, 11) is 5.44. The number of aromatic amines is 1. The quantitative estimate of drug-likeness (QED) is 0.516. The van der Waals surface area contributed by atoms with Crippen molar-refractivity contribution in [3.8, 4) is 33.9 Å². The highest BCUT2D eigenvalue weighted by atomic mass is 16.5. The molecule has 3 heterocycles. The third-order valence-electron chi connectivity index (χ3n) is 6.14. The minimum atomic E-state index is 0.671. The molecule has 0 aliphatic carbocycles. The summed E-state index contributed by atoms with van der Waals surface area (Å²) in [5, 5.41) is 8.53. The number of hydrogen-bond donors (Lipinski definition) is 1. The lowest BCUT2D eigenvalue weighted by molar-refractivity contribution is 0.313. The van der Waals surface area contributed by atoms with Crippen molar-refractivity contribution in [2.24, 2.45) is 0 Å². The fraction of sp³-hybridized carbons (Fsp3) is 0.280. The van der Waals surface area contributed by atoms with Crippen LogP contribution in [0.4, 0.5) is 5.69 Å². The van der Waals surface area contributed by atoms with E-state index in [1.165, 1.54) is 5.69 Å². The van der Waals surface area contributed by atoms with Crippen LogP contribution >= 0.6 is 0 Å². The zero-order chi connectivity index (χ0) is 22.1. The second kappa shape index (κ2) is 8.51. The summed E-state index contributed by atoms with van der Waals surface area (Å²) in [4.78, 5) is 9.42. The van der Waals surface area contributed by atoms with Gasteiger partial charge < -0.3 is 19.3 Å². The molecule has 0 bridgehead atoms. The van der Waals surface area contributed by atoms with Gasteiger partial charge in [-0.1, -0.05) is 12.1 Å². The number of anilines is 1. The Morgan fingerprint density at radius 3 is 2.25 bits per heavy atom. The van der Waals surface area contributed by atoms with E-state index in [0.29, 0.717) is 11.5 Å². The average molecular weight is 430 g/mol. The van der Waals surface area contributed by atoms with Crippen LogP contribution in [0.2, 0.25) is 0 Å². The summed E-state index contributed by atoms with van der Waals surface area (Å²) in [6.07, 6.45) is 1.89. The molecule has 0 radical (unpaired) electrons. The van der Waals surface area contributed by atoms with Gasteiger partial charge in [-0.15, -0.1) is 0 Å². The van der Waals surface area contributed by atoms with Crippen molar-refractivity contribution in [1.29, 1.82) is 0 Å². The molecule has 7 heteroatoms. The molecule has 5 rings (SSSR count). The highest BCUT2D eigenvalue weighted by molar-refractivity contribution is 5.93. The van der Waals surface area contributed by atoms with Gasteiger partial charge in [-0.2, -0.15) is 5.10 Å². The standard InChI is InChI=1S/C25H27N5O2/c1-29-10-12-30(13-11-29)20-7-4-17(5-8-20)19-14-21-24(27-28-25(21)26-16-19)18-6-9-22(31-2)23(15-18)32-3/h4-9,14-16H,10-13H2,1-3H3,(H,26,27,28). The van der Waals surface area contributed by atoms with E-state index in [-0.39, 0.29) is 0 Å². The number of pyridine rings is 1. The van der Waals surface area contributed by atoms with Crippen LogP contribution in [0.5, 0.6) is 11.5 Å². The van der Waals surface area contributed by atoms with Crippen molar-refractivity contribution in [2.45, 2.75) is 0 Å². The van der Waals surface area contributed by atoms with Crippen molar-refractivity contribution in [3.63, 3.8) is 0 Å². The molecule has 1 N–H and O–H groups in total. The van der Waals surface area contributed by atoms with Gasteiger partial charge in [0.1, 0.15) is 5.69 Å². The van der Waals surface area contributed by atoms with Crippen LogP contribution in [-0.4, -0.2) is 67.5 Å². The van der Waals surface area contributed by atoms with Gasteiger partial charge in [-0.3, -0.25) is 5.10 Å². The van der Waals surface area contributed by atoms with E-state index in [2.05, 4.69) is 62.4 Å². The number of aromatic nitrogens is 3. The lowest BCUT2D eigenvalue weighted by Crippen LogP contribution is -2.44. The van der Waals surface area contributed by atoms with E-state index in [1.807, 2.05) is 24.4 Å². The van der Waals surface area contributed by atoms with Crippen LogP contribution in [0, 0.1) is 0 Å². The summed E-state index contributed by atoms with van der Waals surface area (Å²) < 4.78 is 10.8. The van der Waals surface area contributed by atoms with Gasteiger partial charge in [-0.05, 0) is 49.0 Å². The summed E-state index contributed by atoms with van der Waals surface area (Å²) in [5.74, 6) is 1.36. The SMILES string of the molecule is COc1ccc(-c2n[nH]c3ncc(-c4ccc(N5CCN(C)CC5)cc4)cc23)cc1OC. The first-order valence-electron chi connectivity index (χ1n) is 10.8. The molecule has 2 aromatic carbocycles. The summed E-state index contributed by atoms with van der Waals surface area (Å²) in [6.45, 7) is 4.32. The molecule has 0 spiro atoms. The largest absolute Gasteiger partial charge is 0.493 e. The molecule has 1 aliphatic heterocycles. The van der Waals surface area contributed by atoms with Gasteiger partial charge in [0.15, 0.2) is 17.1 Å². The Morgan fingerprint density at radius 1 is 0.812 bits per heavy atom. The van der Waals surface area contributed by atoms with Crippen LogP contribution in [0.1, 0.15) is 0 Å². The predicted molar refractivity (Wildman–Crippen MR) is 128 cm³/mol. The lowest BCUT2D eigenvalue weighted by atomic mass is 10.0. The Hall–Kier alpha value is -3.58. The van der Waals surface area contributed by atoms with Gasteiger partial charge in [0.2, 0.25) is 0 Å². The number of benzene rings is 2. The molecule has 4 aromatic rings. The van der Waals surface area contributed by atoms with Crippen molar-refractivity contribution < 1.29 is 9.47 Å². The predicted octanol–water partition coefficient (Wildman–Crippen LogP) is 4.06. The molecule has 0 amide bonds. The van der Waals surface area contributed by atoms with E-state index in [9.17, 15) is 0 Å². The molecular weight excluding hydrogens is 402 g/mol. The van der Waals surface area contributed by atoms with Crippen molar-refractivity contribution in [2.75, 3.05) is 52.3 Å². The molecule has 0 saturated carbocycles. The number of methoxy groups -OCH3 is 2. The zero-order valence-electron chi connectivity index (χ0n) is 18.6. The second-order valence-electron chi connectivity index (χ2n) is 8.10. The molecule has 164 valence electrons. The third kappa shape index (κ3) is 3.76. The molecule has 0 unspecified atom stereocenters. The van der Waals surface area contributed by atoms with Gasteiger partial charge >= 0.3 is 0 Å². The van der Waals surface area contributed by atoms with Crippen molar-refractivity contribution >= 4 is 16.7 Å². The molecule has 1 aliphatic rings. The number of piperazine rings is 1. The van der Waals surface area contributed by atoms with Crippen LogP contribution in [-0.2, 0) is 0 Å². The Labute approximate surface area is 187 Å². The number of nitrogens with zero attached hydrogens (tertiary/aromatic N) is 4. The van der Waals surface area contributed by atoms with Crippen LogP contribution in [0.25, 0.3) is 33.4 Å². The summed E-state index contributed by atoms with van der Waals surface area (Å²) in [6, 6.07) is 16.7. The number of fused-ring (bicyclic) bond motifs is 1. The first-order valence-corrected chi connectivity index (χ1v) is 10.8. The van der Waals surface area contributed by atoms with Crippen molar-refractivity contribution in [1.82, 2.24) is 20.1 Å². The van der Waals surface area contributed by atoms with Gasteiger partial charge in [-0.25, -0.2) is 4.98 Å². The first-order chi connectivity index (χ1) is 15.7. The van der Waals surface area contributed by atoms with E-state index >= 15 is 0 Å². The number of rotatable bonds is 5. The van der Waals surface area contributed by atoms with Gasteiger partial charge in [0.25, 0.3) is 0 Å². The third-order valence-corrected chi connectivity index (χ3v) is 6.14. The number of H-pyrrole nitrogens is 1. The highest BCUT2D eigenvalue weighted by Crippen LogP contribution is 2.35.